The van der Waals surface area contributed by atoms with Crippen LogP contribution in [0.4, 0.5) is 4.79 Å². The van der Waals surface area contributed by atoms with Crippen LogP contribution in [0.25, 0.3) is 22.5 Å². The Kier molecular flexibility index (Phi) is 16.8. The number of aliphatic imine (C=N–C) groups is 2. The van der Waals surface area contributed by atoms with E-state index in [1.54, 1.807) is 27.0 Å². The highest BCUT2D eigenvalue weighted by Gasteiger charge is 2.31. The van der Waals surface area contributed by atoms with Gasteiger partial charge in [-0.2, -0.15) is 0 Å². The van der Waals surface area contributed by atoms with Crippen molar-refractivity contribution in [3.63, 3.8) is 0 Å². The van der Waals surface area contributed by atoms with Crippen LogP contribution in [-0.4, -0.2) is 82.5 Å². The molecule has 0 spiro atoms. The second kappa shape index (κ2) is 22.1. The van der Waals surface area contributed by atoms with Gasteiger partial charge in [0.1, 0.15) is 29.6 Å². The molecule has 4 rings (SSSR count). The average molecular weight is 809 g/mol. The maximum Gasteiger partial charge on any atom is 0.408 e. The van der Waals surface area contributed by atoms with Crippen molar-refractivity contribution in [3.05, 3.63) is 102 Å². The fourth-order valence-corrected chi connectivity index (χ4v) is 5.94. The minimum Gasteiger partial charge on any atom is -0.444 e. The number of nitrogens with one attached hydrogen (secondary N) is 5. The Balaban J connectivity index is 1.60. The Hall–Kier alpha value is -6.91. The lowest BCUT2D eigenvalue weighted by Crippen LogP contribution is -2.57. The third-order valence-electron chi connectivity index (χ3n) is 8.79. The lowest BCUT2D eigenvalue weighted by atomic mass is 10.0. The van der Waals surface area contributed by atoms with Crippen LogP contribution in [0, 0.1) is 0 Å². The van der Waals surface area contributed by atoms with Crippen LogP contribution < -0.4 is 44.2 Å². The molecular formula is C42H56N12O5. The molecular weight excluding hydrogens is 753 g/mol. The normalized spacial score (nSPS) is 12.5. The highest BCUT2D eigenvalue weighted by atomic mass is 16.6. The molecule has 3 aromatic carbocycles. The minimum absolute atomic E-state index is 0.0494. The molecule has 1 heterocycles. The summed E-state index contributed by atoms with van der Waals surface area (Å²) in [7, 11) is 0. The van der Waals surface area contributed by atoms with Crippen LogP contribution in [0.2, 0.25) is 0 Å². The van der Waals surface area contributed by atoms with Crippen LogP contribution in [0.15, 0.2) is 101 Å². The molecule has 4 aromatic rings. The molecule has 0 aliphatic heterocycles. The molecule has 0 saturated carbocycles. The van der Waals surface area contributed by atoms with E-state index in [9.17, 15) is 19.2 Å². The first kappa shape index (κ1) is 44.8. The molecule has 0 aliphatic carbocycles. The summed E-state index contributed by atoms with van der Waals surface area (Å²) in [6.45, 7) is 5.72. The number of imidazole rings is 1. The first-order chi connectivity index (χ1) is 28.2. The van der Waals surface area contributed by atoms with Crippen molar-refractivity contribution in [2.45, 2.75) is 83.1 Å². The van der Waals surface area contributed by atoms with E-state index in [4.69, 9.17) is 27.7 Å². The average Bonchev–Trinajstić information content (AvgIpc) is 3.67. The first-order valence-corrected chi connectivity index (χ1v) is 19.4. The van der Waals surface area contributed by atoms with E-state index in [1.165, 1.54) is 0 Å². The summed E-state index contributed by atoms with van der Waals surface area (Å²) < 4.78 is 5.42. The van der Waals surface area contributed by atoms with Crippen molar-refractivity contribution >= 4 is 35.7 Å². The second-order valence-electron chi connectivity index (χ2n) is 14.8. The smallest absolute Gasteiger partial charge is 0.408 e. The van der Waals surface area contributed by atoms with Crippen LogP contribution in [0.5, 0.6) is 0 Å². The Morgan fingerprint density at radius 1 is 0.678 bits per heavy atom. The molecule has 0 unspecified atom stereocenters. The molecule has 59 heavy (non-hydrogen) atoms. The van der Waals surface area contributed by atoms with Crippen LogP contribution >= 0.6 is 0 Å². The number of rotatable bonds is 20. The molecule has 0 fully saturated rings. The molecule has 3 atom stereocenters. The van der Waals surface area contributed by atoms with Gasteiger partial charge in [0.25, 0.3) is 0 Å². The quantitative estimate of drug-likeness (QED) is 0.0357. The lowest BCUT2D eigenvalue weighted by Gasteiger charge is -2.26. The predicted octanol–water partition coefficient (Wildman–Crippen LogP) is 2.57. The third kappa shape index (κ3) is 15.9. The van der Waals surface area contributed by atoms with Gasteiger partial charge in [-0.1, -0.05) is 84.9 Å². The fourth-order valence-electron chi connectivity index (χ4n) is 5.94. The third-order valence-corrected chi connectivity index (χ3v) is 8.79. The van der Waals surface area contributed by atoms with Crippen molar-refractivity contribution in [2.24, 2.45) is 32.9 Å². The lowest BCUT2D eigenvalue weighted by molar-refractivity contribution is -0.132. The van der Waals surface area contributed by atoms with E-state index in [1.807, 2.05) is 84.9 Å². The number of carbonyl (C=O) groups excluding carboxylic acids is 4. The Morgan fingerprint density at radius 3 is 1.76 bits per heavy atom. The number of ether oxygens (including phenoxy) is 1. The van der Waals surface area contributed by atoms with Gasteiger partial charge in [-0.3, -0.25) is 24.4 Å². The number of benzene rings is 3. The van der Waals surface area contributed by atoms with Gasteiger partial charge in [-0.05, 0) is 63.1 Å². The summed E-state index contributed by atoms with van der Waals surface area (Å²) in [5.74, 6) is -1.43. The topological polar surface area (TPSA) is 283 Å². The molecule has 314 valence electrons. The van der Waals surface area contributed by atoms with Gasteiger partial charge in [0.05, 0.1) is 0 Å². The van der Waals surface area contributed by atoms with Gasteiger partial charge in [0.2, 0.25) is 17.7 Å². The standard InChI is InChI=1S/C42H56N12O5/c1-42(2,3)59-41(58)54-33(17-11-23-48-40(45)46)37(56)53-34(24-31-26-49-35(51-31)30-20-18-29(19-21-30)28-14-8-5-9-15-28)38(57)52-32(16-10-22-47-39(43)44)36(55)50-25-27-12-6-4-7-13-27/h4-9,12-15,18-21,26,32-34H,10-11,16-17,22-25H2,1-3H3,(H,49,51)(H,50,55)(H,52,57)(H,53,56)(H,54,58)(H4,43,44,47)(H4,45,46,48)/t32-,33-,34-/m0/s1. The number of hydrogen-bond acceptors (Lipinski definition) is 8. The monoisotopic (exact) mass is 808 g/mol. The number of amides is 4. The summed E-state index contributed by atoms with van der Waals surface area (Å²) in [4.78, 5) is 70.5. The van der Waals surface area contributed by atoms with Crippen molar-refractivity contribution in [2.75, 3.05) is 13.1 Å². The number of alkyl carbamates (subject to hydrolysis) is 1. The molecule has 17 heteroatoms. The number of nitrogens with zero attached hydrogens (tertiary/aromatic N) is 3. The molecule has 0 radical (unpaired) electrons. The first-order valence-electron chi connectivity index (χ1n) is 19.4. The number of aromatic nitrogens is 2. The highest BCUT2D eigenvalue weighted by Crippen LogP contribution is 2.23. The predicted molar refractivity (Wildman–Crippen MR) is 228 cm³/mol. The zero-order valence-electron chi connectivity index (χ0n) is 33.7. The van der Waals surface area contributed by atoms with Crippen LogP contribution in [-0.2, 0) is 32.1 Å². The van der Waals surface area contributed by atoms with E-state index in [2.05, 4.69) is 41.2 Å². The van der Waals surface area contributed by atoms with E-state index in [0.29, 0.717) is 24.4 Å². The van der Waals surface area contributed by atoms with Gasteiger partial charge >= 0.3 is 6.09 Å². The van der Waals surface area contributed by atoms with Crippen molar-refractivity contribution in [1.82, 2.24) is 31.2 Å². The Labute approximate surface area is 344 Å². The van der Waals surface area contributed by atoms with Crippen LogP contribution in [0.3, 0.4) is 0 Å². The number of carbonyl (C=O) groups is 4. The summed E-state index contributed by atoms with van der Waals surface area (Å²) >= 11 is 0. The van der Waals surface area contributed by atoms with Gasteiger partial charge in [0, 0.05) is 43.5 Å². The zero-order chi connectivity index (χ0) is 42.8. The maximum atomic E-state index is 14.3. The molecule has 0 aliphatic rings. The van der Waals surface area contributed by atoms with Gasteiger partial charge in [0.15, 0.2) is 11.9 Å². The molecule has 13 N–H and O–H groups in total. The molecule has 4 amide bonds. The summed E-state index contributed by atoms with van der Waals surface area (Å²) in [6.07, 6.45) is 1.68. The highest BCUT2D eigenvalue weighted by molar-refractivity contribution is 5.94. The summed E-state index contributed by atoms with van der Waals surface area (Å²) in [6, 6.07) is 23.7. The largest absolute Gasteiger partial charge is 0.444 e. The summed E-state index contributed by atoms with van der Waals surface area (Å²) in [5.41, 5.74) is 25.4. The number of H-pyrrole nitrogens is 1. The minimum atomic E-state index is -1.24. The van der Waals surface area contributed by atoms with Crippen LogP contribution in [0.1, 0.15) is 57.7 Å². The van der Waals surface area contributed by atoms with Gasteiger partial charge < -0.3 is 53.9 Å². The van der Waals surface area contributed by atoms with Crippen molar-refractivity contribution < 1.29 is 23.9 Å². The van der Waals surface area contributed by atoms with Gasteiger partial charge in [-0.25, -0.2) is 9.78 Å². The molecule has 1 aromatic heterocycles. The number of hydrogen-bond donors (Lipinski definition) is 9. The Bertz CT molecular complexity index is 2020. The molecule has 0 saturated heterocycles. The second-order valence-corrected chi connectivity index (χ2v) is 14.8. The summed E-state index contributed by atoms with van der Waals surface area (Å²) in [5, 5.41) is 11.1. The van der Waals surface area contributed by atoms with E-state index < -0.39 is 47.5 Å². The number of nitrogens with two attached hydrogens (primary N) is 4. The van der Waals surface area contributed by atoms with Gasteiger partial charge in [-0.15, -0.1) is 0 Å². The fraction of sp³-hybridized carbons (Fsp3) is 0.357. The van der Waals surface area contributed by atoms with Crippen molar-refractivity contribution in [3.8, 4) is 22.5 Å². The number of aromatic amines is 1. The van der Waals surface area contributed by atoms with Crippen molar-refractivity contribution in [1.29, 1.82) is 0 Å². The maximum absolute atomic E-state index is 14.3. The number of guanidine groups is 2. The van der Waals surface area contributed by atoms with E-state index >= 15 is 0 Å². The zero-order valence-corrected chi connectivity index (χ0v) is 33.7. The molecule has 0 bridgehead atoms. The SMILES string of the molecule is CC(C)(C)OC(=O)N[C@@H](CCCN=C(N)N)C(=O)N[C@@H](Cc1cnc(-c2ccc(-c3ccccc3)cc2)[nH]1)C(=O)N[C@@H](CCCN=C(N)N)C(=O)NCc1ccccc1. The molecule has 17 nitrogen and oxygen atoms in total. The van der Waals surface area contributed by atoms with E-state index in [-0.39, 0.29) is 50.8 Å². The Morgan fingerprint density at radius 2 is 1.19 bits per heavy atom. The van der Waals surface area contributed by atoms with E-state index in [0.717, 1.165) is 22.3 Å².